The van der Waals surface area contributed by atoms with Crippen LogP contribution >= 0.6 is 23.2 Å². The summed E-state index contributed by atoms with van der Waals surface area (Å²) in [6.07, 6.45) is 2.29. The maximum Gasteiger partial charge on any atom is 0.128 e. The number of aromatic nitrogens is 1. The molecule has 7 heteroatoms. The van der Waals surface area contributed by atoms with Crippen LogP contribution in [0.2, 0.25) is 10.0 Å². The number of hydrazone groups is 1. The second kappa shape index (κ2) is 8.11. The first-order valence-electron chi connectivity index (χ1n) is 9.08. The van der Waals surface area contributed by atoms with Crippen molar-refractivity contribution in [3.8, 4) is 0 Å². The van der Waals surface area contributed by atoms with E-state index in [0.717, 1.165) is 5.69 Å². The van der Waals surface area contributed by atoms with E-state index in [0.29, 0.717) is 26.9 Å². The Kier molecular flexibility index (Phi) is 5.54. The zero-order valence-corrected chi connectivity index (χ0v) is 17.0. The molecule has 29 heavy (non-hydrogen) atoms. The van der Waals surface area contributed by atoms with Crippen LogP contribution in [0.4, 0.5) is 10.1 Å². The molecule has 0 spiro atoms. The molecule has 0 bridgehead atoms. The van der Waals surface area contributed by atoms with Gasteiger partial charge in [-0.15, -0.1) is 0 Å². The van der Waals surface area contributed by atoms with Crippen molar-refractivity contribution in [2.45, 2.75) is 25.0 Å². The lowest BCUT2D eigenvalue weighted by Crippen LogP contribution is -2.38. The second-order valence-corrected chi connectivity index (χ2v) is 7.80. The van der Waals surface area contributed by atoms with Gasteiger partial charge in [-0.25, -0.2) is 4.39 Å². The van der Waals surface area contributed by atoms with Crippen molar-refractivity contribution in [3.05, 3.63) is 94.0 Å². The van der Waals surface area contributed by atoms with Crippen LogP contribution in [0.15, 0.2) is 72.1 Å². The molecule has 2 heterocycles. The molecule has 1 aromatic heterocycles. The van der Waals surface area contributed by atoms with Gasteiger partial charge in [0, 0.05) is 33.7 Å². The molecule has 2 aromatic carbocycles. The molecule has 148 valence electrons. The molecule has 4 rings (SSSR count). The summed E-state index contributed by atoms with van der Waals surface area (Å²) in [6, 6.07) is 14.7. The lowest BCUT2D eigenvalue weighted by molar-refractivity contribution is 0.141. The first kappa shape index (κ1) is 19.8. The van der Waals surface area contributed by atoms with E-state index in [-0.39, 0.29) is 0 Å². The van der Waals surface area contributed by atoms with Gasteiger partial charge in [-0.1, -0.05) is 35.3 Å². The van der Waals surface area contributed by atoms with Gasteiger partial charge in [-0.05, 0) is 55.0 Å². The molecule has 1 aliphatic heterocycles. The van der Waals surface area contributed by atoms with Gasteiger partial charge in [0.2, 0.25) is 0 Å². The van der Waals surface area contributed by atoms with Gasteiger partial charge in [0.05, 0.1) is 17.6 Å². The lowest BCUT2D eigenvalue weighted by Gasteiger charge is -2.32. The molecule has 0 radical (unpaired) electrons. The third kappa shape index (κ3) is 3.86. The number of nitrogens with zero attached hydrogens (tertiary/aromatic N) is 3. The van der Waals surface area contributed by atoms with Crippen LogP contribution in [0.5, 0.6) is 0 Å². The minimum atomic E-state index is -0.958. The van der Waals surface area contributed by atoms with Crippen LogP contribution in [-0.4, -0.2) is 21.8 Å². The highest BCUT2D eigenvalue weighted by Crippen LogP contribution is 2.42. The van der Waals surface area contributed by atoms with Gasteiger partial charge in [0.1, 0.15) is 11.9 Å². The van der Waals surface area contributed by atoms with Gasteiger partial charge >= 0.3 is 0 Å². The highest BCUT2D eigenvalue weighted by atomic mass is 35.5. The maximum atomic E-state index is 14.8. The van der Waals surface area contributed by atoms with Gasteiger partial charge in [0.15, 0.2) is 0 Å². The molecule has 1 aliphatic rings. The molecule has 3 atom stereocenters. The number of halogens is 3. The van der Waals surface area contributed by atoms with Gasteiger partial charge in [-0.3, -0.25) is 9.99 Å². The van der Waals surface area contributed by atoms with Crippen molar-refractivity contribution in [2.75, 3.05) is 5.01 Å². The van der Waals surface area contributed by atoms with E-state index < -0.39 is 23.9 Å². The van der Waals surface area contributed by atoms with Gasteiger partial charge in [-0.2, -0.15) is 5.10 Å². The van der Waals surface area contributed by atoms with Crippen LogP contribution in [-0.2, 0) is 0 Å². The highest BCUT2D eigenvalue weighted by molar-refractivity contribution is 6.30. The van der Waals surface area contributed by atoms with E-state index in [9.17, 15) is 9.50 Å². The van der Waals surface area contributed by atoms with Crippen molar-refractivity contribution >= 4 is 34.6 Å². The molecule has 0 aliphatic carbocycles. The van der Waals surface area contributed by atoms with Crippen molar-refractivity contribution in [1.29, 1.82) is 0 Å². The quantitative estimate of drug-likeness (QED) is 0.586. The Morgan fingerprint density at radius 1 is 1.07 bits per heavy atom. The first-order valence-corrected chi connectivity index (χ1v) is 9.84. The van der Waals surface area contributed by atoms with Crippen LogP contribution < -0.4 is 5.01 Å². The van der Waals surface area contributed by atoms with Crippen molar-refractivity contribution in [3.63, 3.8) is 0 Å². The topological polar surface area (TPSA) is 48.7 Å². The number of aliphatic hydroxyl groups is 1. The predicted molar refractivity (Wildman–Crippen MR) is 114 cm³/mol. The molecule has 0 amide bonds. The van der Waals surface area contributed by atoms with E-state index >= 15 is 0 Å². The minimum Gasteiger partial charge on any atom is -0.386 e. The summed E-state index contributed by atoms with van der Waals surface area (Å²) in [7, 11) is 0. The SMILES string of the molecule is CC1=NN(c2ccc(Cl)cc2)C(C(O)c2cccnc2)C1c1ccc(Cl)cc1F. The number of benzene rings is 2. The maximum absolute atomic E-state index is 14.8. The Balaban J connectivity index is 1.82. The summed E-state index contributed by atoms with van der Waals surface area (Å²) >= 11 is 12.0. The smallest absolute Gasteiger partial charge is 0.128 e. The fraction of sp³-hybridized carbons (Fsp3) is 0.182. The summed E-state index contributed by atoms with van der Waals surface area (Å²) in [5.41, 5.74) is 2.49. The summed E-state index contributed by atoms with van der Waals surface area (Å²) in [5.74, 6) is -0.906. The third-order valence-electron chi connectivity index (χ3n) is 5.08. The first-order chi connectivity index (χ1) is 14.0. The zero-order chi connectivity index (χ0) is 20.5. The molecular formula is C22H18Cl2FN3O. The lowest BCUT2D eigenvalue weighted by atomic mass is 9.83. The average molecular weight is 430 g/mol. The number of aliphatic hydroxyl groups excluding tert-OH is 1. The number of rotatable bonds is 4. The molecular weight excluding hydrogens is 412 g/mol. The molecule has 3 unspecified atom stereocenters. The van der Waals surface area contributed by atoms with Crippen LogP contribution in [0, 0.1) is 5.82 Å². The van der Waals surface area contributed by atoms with Crippen LogP contribution in [0.25, 0.3) is 0 Å². The van der Waals surface area contributed by atoms with E-state index in [1.165, 1.54) is 6.07 Å². The molecule has 0 saturated heterocycles. The summed E-state index contributed by atoms with van der Waals surface area (Å²) in [5, 5.41) is 18.6. The fourth-order valence-electron chi connectivity index (χ4n) is 3.74. The third-order valence-corrected chi connectivity index (χ3v) is 5.56. The number of anilines is 1. The molecule has 3 aromatic rings. The van der Waals surface area contributed by atoms with Crippen molar-refractivity contribution < 1.29 is 9.50 Å². The van der Waals surface area contributed by atoms with E-state index in [2.05, 4.69) is 10.1 Å². The number of hydrogen-bond donors (Lipinski definition) is 1. The molecule has 0 saturated carbocycles. The fourth-order valence-corrected chi connectivity index (χ4v) is 4.02. The van der Waals surface area contributed by atoms with Gasteiger partial charge < -0.3 is 5.11 Å². The van der Waals surface area contributed by atoms with E-state index in [1.807, 2.05) is 19.1 Å². The van der Waals surface area contributed by atoms with E-state index in [1.54, 1.807) is 53.8 Å². The highest BCUT2D eigenvalue weighted by Gasteiger charge is 2.43. The Morgan fingerprint density at radius 2 is 1.79 bits per heavy atom. The van der Waals surface area contributed by atoms with Crippen LogP contribution in [0.3, 0.4) is 0 Å². The molecule has 0 fully saturated rings. The van der Waals surface area contributed by atoms with Crippen molar-refractivity contribution in [1.82, 2.24) is 4.98 Å². The largest absolute Gasteiger partial charge is 0.386 e. The Hall–Kier alpha value is -2.47. The standard InChI is InChI=1S/C22H18Cl2FN3O/c1-13-20(18-9-6-16(24)11-19(18)25)21(22(29)14-3-2-10-26-12-14)28(27-13)17-7-4-15(23)5-8-17/h2-12,20-22,29H,1H3. The van der Waals surface area contributed by atoms with Crippen molar-refractivity contribution in [2.24, 2.45) is 5.10 Å². The molecule has 4 nitrogen and oxygen atoms in total. The number of hydrogen-bond acceptors (Lipinski definition) is 4. The zero-order valence-electron chi connectivity index (χ0n) is 15.5. The van der Waals surface area contributed by atoms with E-state index in [4.69, 9.17) is 23.2 Å². The normalized spacial score (nSPS) is 19.9. The second-order valence-electron chi connectivity index (χ2n) is 6.93. The molecule has 1 N–H and O–H groups in total. The predicted octanol–water partition coefficient (Wildman–Crippen LogP) is 5.61. The monoisotopic (exact) mass is 429 g/mol. The minimum absolute atomic E-state index is 0.317. The van der Waals surface area contributed by atoms with Crippen LogP contribution in [0.1, 0.15) is 30.1 Å². The van der Waals surface area contributed by atoms with Gasteiger partial charge in [0.25, 0.3) is 0 Å². The number of pyridine rings is 1. The Bertz CT molecular complexity index is 1040. The summed E-state index contributed by atoms with van der Waals surface area (Å²) in [6.45, 7) is 1.83. The average Bonchev–Trinajstić information content (AvgIpc) is 3.05. The Labute approximate surface area is 178 Å². The Morgan fingerprint density at radius 3 is 2.45 bits per heavy atom. The summed E-state index contributed by atoms with van der Waals surface area (Å²) in [4.78, 5) is 4.11. The summed E-state index contributed by atoms with van der Waals surface area (Å²) < 4.78 is 14.8.